The van der Waals surface area contributed by atoms with Crippen molar-refractivity contribution >= 4 is 17.6 Å². The fraction of sp³-hybridized carbons (Fsp3) is 0.167. The second kappa shape index (κ2) is 8.50. The molecule has 0 saturated heterocycles. The first-order valence-corrected chi connectivity index (χ1v) is 8.30. The quantitative estimate of drug-likeness (QED) is 0.357. The van der Waals surface area contributed by atoms with Gasteiger partial charge in [-0.05, 0) is 24.3 Å². The molecule has 0 fully saturated rings. The van der Waals surface area contributed by atoms with Crippen molar-refractivity contribution in [1.82, 2.24) is 20.2 Å². The molecule has 0 radical (unpaired) electrons. The molecule has 0 atom stereocenters. The number of aliphatic imine (C=N–C) groups is 1. The van der Waals surface area contributed by atoms with Crippen LogP contribution in [0.4, 0.5) is 18.9 Å². The van der Waals surface area contributed by atoms with Gasteiger partial charge in [-0.15, -0.1) is 0 Å². The van der Waals surface area contributed by atoms with E-state index < -0.39 is 17.3 Å². The Morgan fingerprint density at radius 2 is 2.17 bits per heavy atom. The number of hydrogen-bond donors (Lipinski definition) is 2. The zero-order valence-electron chi connectivity index (χ0n) is 15.2. The predicted molar refractivity (Wildman–Crippen MR) is 101 cm³/mol. The lowest BCUT2D eigenvalue weighted by Crippen LogP contribution is -2.16. The van der Waals surface area contributed by atoms with Crippen molar-refractivity contribution in [2.75, 3.05) is 6.61 Å². The first kappa shape index (κ1) is 20.0. The van der Waals surface area contributed by atoms with E-state index >= 15 is 0 Å². The summed E-state index contributed by atoms with van der Waals surface area (Å²) in [6.45, 7) is 0.490. The number of aromatic amines is 1. The van der Waals surface area contributed by atoms with Crippen LogP contribution in [0.5, 0.6) is 6.01 Å². The minimum atomic E-state index is -3.33. The van der Waals surface area contributed by atoms with Gasteiger partial charge < -0.3 is 10.6 Å². The SMILES string of the molecule is CC(F)(F)c1cc(N=CC(COc2nccc(-c3cn[nH]c3)n2)=NN)ccc1F. The largest absolute Gasteiger partial charge is 0.457 e. The molecule has 2 aromatic heterocycles. The standard InChI is InChI=1S/C18H16F3N7O/c1-18(20,21)14-6-12(2-3-15(14)19)24-9-13(28-22)10-29-17-23-5-4-16(27-17)11-7-25-26-8-11/h2-9H,10,22H2,1H3,(H,25,26). The van der Waals surface area contributed by atoms with Crippen molar-refractivity contribution < 1.29 is 17.9 Å². The van der Waals surface area contributed by atoms with Crippen LogP contribution in [0.1, 0.15) is 12.5 Å². The maximum absolute atomic E-state index is 13.6. The van der Waals surface area contributed by atoms with Gasteiger partial charge >= 0.3 is 6.01 Å². The highest BCUT2D eigenvalue weighted by molar-refractivity contribution is 6.31. The van der Waals surface area contributed by atoms with Gasteiger partial charge in [-0.25, -0.2) is 18.2 Å². The lowest BCUT2D eigenvalue weighted by Gasteiger charge is -2.11. The van der Waals surface area contributed by atoms with Crippen molar-refractivity contribution in [2.24, 2.45) is 15.9 Å². The third kappa shape index (κ3) is 5.15. The van der Waals surface area contributed by atoms with Crippen LogP contribution in [-0.4, -0.2) is 38.7 Å². The molecule has 3 N–H and O–H groups in total. The third-order valence-electron chi connectivity index (χ3n) is 3.73. The molecule has 0 aliphatic rings. The maximum atomic E-state index is 13.6. The van der Waals surface area contributed by atoms with E-state index in [0.29, 0.717) is 12.6 Å². The number of benzene rings is 1. The van der Waals surface area contributed by atoms with Gasteiger partial charge in [-0.2, -0.15) is 15.2 Å². The Morgan fingerprint density at radius 1 is 1.34 bits per heavy atom. The number of ether oxygens (including phenoxy) is 1. The number of nitrogens with one attached hydrogen (secondary N) is 1. The molecule has 0 saturated carbocycles. The van der Waals surface area contributed by atoms with Gasteiger partial charge in [-0.1, -0.05) is 0 Å². The summed E-state index contributed by atoms with van der Waals surface area (Å²) in [5.74, 6) is 0.971. The van der Waals surface area contributed by atoms with E-state index in [4.69, 9.17) is 10.6 Å². The molecule has 0 bridgehead atoms. The van der Waals surface area contributed by atoms with Gasteiger partial charge in [-0.3, -0.25) is 10.1 Å². The van der Waals surface area contributed by atoms with Crippen molar-refractivity contribution in [3.63, 3.8) is 0 Å². The molecule has 8 nitrogen and oxygen atoms in total. The highest BCUT2D eigenvalue weighted by Crippen LogP contribution is 2.31. The average Bonchev–Trinajstić information content (AvgIpc) is 3.23. The second-order valence-electron chi connectivity index (χ2n) is 5.93. The molecule has 0 amide bonds. The lowest BCUT2D eigenvalue weighted by molar-refractivity contribution is 0.0138. The molecular weight excluding hydrogens is 387 g/mol. The molecule has 0 spiro atoms. The summed E-state index contributed by atoms with van der Waals surface area (Å²) in [6.07, 6.45) is 6.01. The first-order chi connectivity index (χ1) is 13.9. The Labute approximate surface area is 163 Å². The van der Waals surface area contributed by atoms with E-state index in [0.717, 1.165) is 17.7 Å². The molecule has 29 heavy (non-hydrogen) atoms. The number of halogens is 3. The Kier molecular flexibility index (Phi) is 5.86. The van der Waals surface area contributed by atoms with Crippen molar-refractivity contribution in [3.8, 4) is 17.3 Å². The van der Waals surface area contributed by atoms with Gasteiger partial charge in [0.1, 0.15) is 18.1 Å². The summed E-state index contributed by atoms with van der Waals surface area (Å²) in [4.78, 5) is 12.2. The van der Waals surface area contributed by atoms with Crippen LogP contribution in [-0.2, 0) is 5.92 Å². The highest BCUT2D eigenvalue weighted by atomic mass is 19.3. The zero-order chi connectivity index (χ0) is 20.9. The van der Waals surface area contributed by atoms with E-state index in [1.54, 1.807) is 18.5 Å². The Bertz CT molecular complexity index is 1030. The molecule has 3 rings (SSSR count). The second-order valence-corrected chi connectivity index (χ2v) is 5.93. The normalized spacial score (nSPS) is 12.5. The van der Waals surface area contributed by atoms with Gasteiger partial charge in [0.15, 0.2) is 0 Å². The number of hydrazone groups is 1. The Morgan fingerprint density at radius 3 is 2.86 bits per heavy atom. The van der Waals surface area contributed by atoms with E-state index in [1.165, 1.54) is 18.5 Å². The van der Waals surface area contributed by atoms with Gasteiger partial charge in [0.2, 0.25) is 0 Å². The predicted octanol–water partition coefficient (Wildman–Crippen LogP) is 3.21. The highest BCUT2D eigenvalue weighted by Gasteiger charge is 2.28. The summed E-state index contributed by atoms with van der Waals surface area (Å²) < 4.78 is 45.9. The maximum Gasteiger partial charge on any atom is 0.317 e. The van der Waals surface area contributed by atoms with E-state index in [9.17, 15) is 13.2 Å². The Balaban J connectivity index is 1.68. The van der Waals surface area contributed by atoms with Crippen LogP contribution in [0.15, 0.2) is 52.9 Å². The molecule has 1 aromatic carbocycles. The number of H-pyrrole nitrogens is 1. The van der Waals surface area contributed by atoms with Crippen LogP contribution in [0.25, 0.3) is 11.3 Å². The van der Waals surface area contributed by atoms with Crippen molar-refractivity contribution in [1.29, 1.82) is 0 Å². The van der Waals surface area contributed by atoms with E-state index in [2.05, 4.69) is 30.3 Å². The zero-order valence-corrected chi connectivity index (χ0v) is 15.2. The molecule has 3 aromatic rings. The van der Waals surface area contributed by atoms with E-state index in [1.807, 2.05) is 0 Å². The third-order valence-corrected chi connectivity index (χ3v) is 3.73. The van der Waals surface area contributed by atoms with Crippen LogP contribution in [0.2, 0.25) is 0 Å². The average molecular weight is 403 g/mol. The summed E-state index contributed by atoms with van der Waals surface area (Å²) in [7, 11) is 0. The van der Waals surface area contributed by atoms with Gasteiger partial charge in [0.25, 0.3) is 5.92 Å². The molecular formula is C18H16F3N7O. The summed E-state index contributed by atoms with van der Waals surface area (Å²) in [5, 5.41) is 10.1. The summed E-state index contributed by atoms with van der Waals surface area (Å²) >= 11 is 0. The van der Waals surface area contributed by atoms with E-state index in [-0.39, 0.29) is 24.0 Å². The smallest absolute Gasteiger partial charge is 0.317 e. The topological polar surface area (TPSA) is 114 Å². The minimum absolute atomic E-state index is 0.0768. The fourth-order valence-corrected chi connectivity index (χ4v) is 2.29. The molecule has 2 heterocycles. The number of hydrogen-bond acceptors (Lipinski definition) is 7. The fourth-order valence-electron chi connectivity index (χ4n) is 2.29. The molecule has 11 heteroatoms. The van der Waals surface area contributed by atoms with Crippen molar-refractivity contribution in [2.45, 2.75) is 12.8 Å². The van der Waals surface area contributed by atoms with Crippen LogP contribution in [0.3, 0.4) is 0 Å². The molecule has 150 valence electrons. The number of aromatic nitrogens is 4. The number of rotatable bonds is 7. The summed E-state index contributed by atoms with van der Waals surface area (Å²) in [6, 6.07) is 4.90. The van der Waals surface area contributed by atoms with Gasteiger partial charge in [0, 0.05) is 24.9 Å². The number of nitrogens with zero attached hydrogens (tertiary/aromatic N) is 5. The lowest BCUT2D eigenvalue weighted by atomic mass is 10.1. The number of nitrogens with two attached hydrogens (primary N) is 1. The monoisotopic (exact) mass is 403 g/mol. The minimum Gasteiger partial charge on any atom is -0.457 e. The van der Waals surface area contributed by atoms with Crippen molar-refractivity contribution in [3.05, 3.63) is 54.2 Å². The van der Waals surface area contributed by atoms with Crippen LogP contribution >= 0.6 is 0 Å². The first-order valence-electron chi connectivity index (χ1n) is 8.30. The molecule has 0 unspecified atom stereocenters. The van der Waals surface area contributed by atoms with Crippen LogP contribution in [0, 0.1) is 5.82 Å². The molecule has 0 aliphatic heterocycles. The van der Waals surface area contributed by atoms with Crippen LogP contribution < -0.4 is 10.6 Å². The summed E-state index contributed by atoms with van der Waals surface area (Å²) in [5.41, 5.74) is 0.909. The number of alkyl halides is 2. The Hall–Kier alpha value is -3.76. The molecule has 0 aliphatic carbocycles. The van der Waals surface area contributed by atoms with Gasteiger partial charge in [0.05, 0.1) is 29.4 Å².